The third-order valence-corrected chi connectivity index (χ3v) is 5.34. The van der Waals surface area contributed by atoms with E-state index in [1.54, 1.807) is 0 Å². The number of rotatable bonds is 7. The molecule has 2 heterocycles. The van der Waals surface area contributed by atoms with Gasteiger partial charge in [-0.25, -0.2) is 12.8 Å². The maximum Gasteiger partial charge on any atom is 0.322 e. The van der Waals surface area contributed by atoms with E-state index in [0.29, 0.717) is 13.2 Å². The Balaban J connectivity index is 1.49. The molecule has 0 aliphatic carbocycles. The Bertz CT molecular complexity index is 939. The average Bonchev–Trinajstić information content (AvgIpc) is 3.11. The number of nitrogens with one attached hydrogen (secondary N) is 1. The van der Waals surface area contributed by atoms with Gasteiger partial charge in [-0.05, 0) is 30.7 Å². The van der Waals surface area contributed by atoms with Gasteiger partial charge in [-0.15, -0.1) is 5.10 Å². The van der Waals surface area contributed by atoms with E-state index in [9.17, 15) is 17.6 Å². The van der Waals surface area contributed by atoms with Crippen molar-refractivity contribution in [3.8, 4) is 0 Å². The molecule has 0 bridgehead atoms. The molecule has 0 spiro atoms. The van der Waals surface area contributed by atoms with E-state index in [0.717, 1.165) is 12.1 Å². The predicted molar refractivity (Wildman–Crippen MR) is 90.5 cm³/mol. The molecule has 0 atom stereocenters. The SMILES string of the molecule is O=C(CCCS(=O)(=O)c1ccc(F)cc1)Nc1nnc(C2=COCCO2)o1. The number of hydrogen-bond acceptors (Lipinski definition) is 8. The highest BCUT2D eigenvalue weighted by atomic mass is 32.2. The van der Waals surface area contributed by atoms with Crippen LogP contribution in [0.15, 0.2) is 39.8 Å². The Morgan fingerprint density at radius 2 is 1.96 bits per heavy atom. The van der Waals surface area contributed by atoms with Crippen molar-refractivity contribution in [1.29, 1.82) is 0 Å². The number of nitrogens with zero attached hydrogens (tertiary/aromatic N) is 2. The molecule has 27 heavy (non-hydrogen) atoms. The van der Waals surface area contributed by atoms with Gasteiger partial charge in [0.1, 0.15) is 25.3 Å². The number of aromatic nitrogens is 2. The van der Waals surface area contributed by atoms with Crippen LogP contribution in [0, 0.1) is 5.82 Å². The van der Waals surface area contributed by atoms with E-state index >= 15 is 0 Å². The highest BCUT2D eigenvalue weighted by Gasteiger charge is 2.18. The van der Waals surface area contributed by atoms with Gasteiger partial charge in [-0.2, -0.15) is 0 Å². The standard InChI is InChI=1S/C16H16FN3O6S/c17-11-3-5-12(6-4-11)27(22,23)9-1-2-14(21)18-16-20-19-15(26-16)13-10-24-7-8-25-13/h3-6,10H,1-2,7-9H2,(H,18,20,21). The van der Waals surface area contributed by atoms with Gasteiger partial charge in [0.25, 0.3) is 5.89 Å². The molecule has 1 amide bonds. The van der Waals surface area contributed by atoms with E-state index in [2.05, 4.69) is 15.5 Å². The Morgan fingerprint density at radius 3 is 2.67 bits per heavy atom. The van der Waals surface area contributed by atoms with E-state index in [-0.39, 0.29) is 41.2 Å². The summed E-state index contributed by atoms with van der Waals surface area (Å²) in [5.74, 6) is -0.926. The van der Waals surface area contributed by atoms with E-state index in [4.69, 9.17) is 13.9 Å². The Morgan fingerprint density at radius 1 is 1.19 bits per heavy atom. The zero-order valence-electron chi connectivity index (χ0n) is 14.1. The first-order valence-corrected chi connectivity index (χ1v) is 9.66. The second-order valence-electron chi connectivity index (χ2n) is 5.54. The van der Waals surface area contributed by atoms with Crippen LogP contribution in [0.5, 0.6) is 0 Å². The van der Waals surface area contributed by atoms with Gasteiger partial charge in [0.2, 0.25) is 11.7 Å². The maximum absolute atomic E-state index is 12.9. The molecular weight excluding hydrogens is 381 g/mol. The van der Waals surface area contributed by atoms with Gasteiger partial charge in [0.15, 0.2) is 9.84 Å². The van der Waals surface area contributed by atoms with Crippen molar-refractivity contribution in [3.05, 3.63) is 42.2 Å². The van der Waals surface area contributed by atoms with Gasteiger partial charge < -0.3 is 13.9 Å². The largest absolute Gasteiger partial charge is 0.494 e. The fourth-order valence-corrected chi connectivity index (χ4v) is 3.53. The van der Waals surface area contributed by atoms with Crippen LogP contribution in [-0.4, -0.2) is 43.5 Å². The van der Waals surface area contributed by atoms with Gasteiger partial charge in [-0.1, -0.05) is 5.10 Å². The Kier molecular flexibility index (Phi) is 5.69. The molecule has 0 saturated heterocycles. The minimum absolute atomic E-state index is 0.00817. The van der Waals surface area contributed by atoms with Crippen molar-refractivity contribution < 1.29 is 31.5 Å². The average molecular weight is 397 g/mol. The molecule has 3 rings (SSSR count). The van der Waals surface area contributed by atoms with E-state index in [1.807, 2.05) is 0 Å². The van der Waals surface area contributed by atoms with E-state index in [1.165, 1.54) is 18.4 Å². The van der Waals surface area contributed by atoms with Gasteiger partial charge in [0.05, 0.1) is 10.6 Å². The molecule has 1 aliphatic heterocycles. The molecule has 1 aliphatic rings. The number of carbonyl (C=O) groups excluding carboxylic acids is 1. The zero-order chi connectivity index (χ0) is 19.3. The van der Waals surface area contributed by atoms with Crippen LogP contribution in [-0.2, 0) is 24.1 Å². The monoisotopic (exact) mass is 397 g/mol. The smallest absolute Gasteiger partial charge is 0.322 e. The lowest BCUT2D eigenvalue weighted by molar-refractivity contribution is -0.116. The molecule has 11 heteroatoms. The Labute approximate surface area is 154 Å². The summed E-state index contributed by atoms with van der Waals surface area (Å²) in [6.45, 7) is 0.764. The van der Waals surface area contributed by atoms with Crippen LogP contribution in [0.3, 0.4) is 0 Å². The van der Waals surface area contributed by atoms with E-state index < -0.39 is 21.6 Å². The number of ether oxygens (including phenoxy) is 2. The fourth-order valence-electron chi connectivity index (χ4n) is 2.22. The molecule has 1 aromatic heterocycles. The number of hydrogen-bond donors (Lipinski definition) is 1. The highest BCUT2D eigenvalue weighted by molar-refractivity contribution is 7.91. The highest BCUT2D eigenvalue weighted by Crippen LogP contribution is 2.19. The zero-order valence-corrected chi connectivity index (χ0v) is 14.9. The van der Waals surface area contributed by atoms with Crippen molar-refractivity contribution in [2.45, 2.75) is 17.7 Å². The second-order valence-corrected chi connectivity index (χ2v) is 7.65. The number of benzene rings is 1. The number of amides is 1. The molecule has 0 saturated carbocycles. The first-order valence-electron chi connectivity index (χ1n) is 8.01. The topological polar surface area (TPSA) is 121 Å². The summed E-state index contributed by atoms with van der Waals surface area (Å²) < 4.78 is 52.7. The van der Waals surface area contributed by atoms with Gasteiger partial charge in [-0.3, -0.25) is 10.1 Å². The summed E-state index contributed by atoms with van der Waals surface area (Å²) >= 11 is 0. The first kappa shape index (κ1) is 18.8. The van der Waals surface area contributed by atoms with Crippen LogP contribution in [0.1, 0.15) is 18.7 Å². The molecule has 2 aromatic rings. The fraction of sp³-hybridized carbons (Fsp3) is 0.312. The minimum atomic E-state index is -3.59. The third kappa shape index (κ3) is 5.03. The maximum atomic E-state index is 12.9. The summed E-state index contributed by atoms with van der Waals surface area (Å²) in [5, 5.41) is 9.78. The molecule has 1 aromatic carbocycles. The summed E-state index contributed by atoms with van der Waals surface area (Å²) in [4.78, 5) is 11.9. The molecule has 0 fully saturated rings. The number of halogens is 1. The number of anilines is 1. The van der Waals surface area contributed by atoms with Crippen molar-refractivity contribution in [1.82, 2.24) is 10.2 Å². The van der Waals surface area contributed by atoms with Crippen molar-refractivity contribution in [2.24, 2.45) is 0 Å². The third-order valence-electron chi connectivity index (χ3n) is 3.52. The lowest BCUT2D eigenvalue weighted by atomic mass is 10.3. The lowest BCUT2D eigenvalue weighted by Gasteiger charge is -2.11. The van der Waals surface area contributed by atoms with Gasteiger partial charge in [0, 0.05) is 6.42 Å². The predicted octanol–water partition coefficient (Wildman–Crippen LogP) is 1.75. The summed E-state index contributed by atoms with van der Waals surface area (Å²) in [7, 11) is -3.59. The summed E-state index contributed by atoms with van der Waals surface area (Å²) in [6, 6.07) is 4.39. The summed E-state index contributed by atoms with van der Waals surface area (Å²) in [5.41, 5.74) is 0. The normalized spacial score (nSPS) is 14.0. The molecule has 0 radical (unpaired) electrons. The second kappa shape index (κ2) is 8.16. The molecule has 144 valence electrons. The number of carbonyl (C=O) groups is 1. The van der Waals surface area contributed by atoms with Crippen molar-refractivity contribution in [3.63, 3.8) is 0 Å². The van der Waals surface area contributed by atoms with Crippen LogP contribution in [0.25, 0.3) is 5.76 Å². The van der Waals surface area contributed by atoms with Crippen molar-refractivity contribution >= 4 is 27.5 Å². The van der Waals surface area contributed by atoms with Crippen LogP contribution in [0.2, 0.25) is 0 Å². The minimum Gasteiger partial charge on any atom is -0.494 e. The lowest BCUT2D eigenvalue weighted by Crippen LogP contribution is -2.14. The van der Waals surface area contributed by atoms with Crippen LogP contribution >= 0.6 is 0 Å². The molecule has 1 N–H and O–H groups in total. The number of sulfone groups is 1. The quantitative estimate of drug-likeness (QED) is 0.702. The molecule has 0 unspecified atom stereocenters. The van der Waals surface area contributed by atoms with Crippen LogP contribution < -0.4 is 5.32 Å². The molecule has 9 nitrogen and oxygen atoms in total. The first-order chi connectivity index (χ1) is 12.9. The van der Waals surface area contributed by atoms with Crippen LogP contribution in [0.4, 0.5) is 10.4 Å². The van der Waals surface area contributed by atoms with Crippen molar-refractivity contribution in [2.75, 3.05) is 24.3 Å². The summed E-state index contributed by atoms with van der Waals surface area (Å²) in [6.07, 6.45) is 1.35. The Hall–Kier alpha value is -2.95. The molecular formula is C16H16FN3O6S. The van der Waals surface area contributed by atoms with Gasteiger partial charge >= 0.3 is 6.01 Å².